The van der Waals surface area contributed by atoms with E-state index in [-0.39, 0.29) is 11.8 Å². The van der Waals surface area contributed by atoms with Crippen molar-refractivity contribution in [1.82, 2.24) is 9.78 Å². The summed E-state index contributed by atoms with van der Waals surface area (Å²) >= 11 is 0. The average molecular weight is 451 g/mol. The van der Waals surface area contributed by atoms with Crippen LogP contribution in [0.5, 0.6) is 11.6 Å². The molecule has 0 radical (unpaired) electrons. The van der Waals surface area contributed by atoms with Crippen molar-refractivity contribution < 1.29 is 9.47 Å². The second-order valence-electron chi connectivity index (χ2n) is 9.41. The number of azo groups is 1. The Hall–Kier alpha value is -3.93. The second-order valence-corrected chi connectivity index (χ2v) is 9.41. The molecule has 0 N–H and O–H groups in total. The van der Waals surface area contributed by atoms with Crippen LogP contribution in [0.25, 0.3) is 5.69 Å². The molecule has 3 heterocycles. The van der Waals surface area contributed by atoms with E-state index in [9.17, 15) is 0 Å². The van der Waals surface area contributed by atoms with Crippen LogP contribution in [0.4, 0.5) is 11.4 Å². The number of fused-ring (bicyclic) bond motifs is 5. The molecule has 0 fully saturated rings. The molecule has 170 valence electrons. The highest BCUT2D eigenvalue weighted by molar-refractivity contribution is 5.57. The predicted octanol–water partition coefficient (Wildman–Crippen LogP) is 6.91. The summed E-state index contributed by atoms with van der Waals surface area (Å²) in [5.74, 6) is 1.92. The van der Waals surface area contributed by atoms with Crippen LogP contribution >= 0.6 is 0 Å². The average Bonchev–Trinajstić information content (AvgIpc) is 3.18. The van der Waals surface area contributed by atoms with E-state index in [0.717, 1.165) is 45.5 Å². The maximum atomic E-state index is 6.62. The van der Waals surface area contributed by atoms with Crippen LogP contribution in [0.15, 0.2) is 89.1 Å². The fraction of sp³-hybridized carbons (Fsp3) is 0.250. The standard InChI is InChI=1S/C28H26N4O2/c1-18-25-26-22-16-20(30-29-19-10-6-4-7-11-19)14-15-24(22)33-17-23(26)28(2,3)34-27(25)32(31-18)21-12-8-5-9-13-21/h4-16,23,26H,17H2,1-3H3/t23-,26+/m1/s1. The largest absolute Gasteiger partial charge is 0.493 e. The Bertz CT molecular complexity index is 1380. The molecule has 0 aliphatic carbocycles. The summed E-state index contributed by atoms with van der Waals surface area (Å²) in [6.07, 6.45) is 0. The lowest BCUT2D eigenvalue weighted by molar-refractivity contribution is -0.0186. The van der Waals surface area contributed by atoms with Gasteiger partial charge in [-0.05, 0) is 63.2 Å². The summed E-state index contributed by atoms with van der Waals surface area (Å²) < 4.78 is 14.8. The molecule has 6 nitrogen and oxygen atoms in total. The first-order valence-corrected chi connectivity index (χ1v) is 11.6. The van der Waals surface area contributed by atoms with Crippen LogP contribution < -0.4 is 9.47 Å². The fourth-order valence-electron chi connectivity index (χ4n) is 5.08. The summed E-state index contributed by atoms with van der Waals surface area (Å²) in [5, 5.41) is 13.8. The summed E-state index contributed by atoms with van der Waals surface area (Å²) in [5.41, 5.74) is 5.36. The zero-order valence-corrected chi connectivity index (χ0v) is 19.5. The molecular formula is C28H26N4O2. The van der Waals surface area contributed by atoms with Crippen molar-refractivity contribution in [3.63, 3.8) is 0 Å². The van der Waals surface area contributed by atoms with Gasteiger partial charge in [0, 0.05) is 23.0 Å². The predicted molar refractivity (Wildman–Crippen MR) is 131 cm³/mol. The number of benzene rings is 3. The first-order valence-electron chi connectivity index (χ1n) is 11.6. The quantitative estimate of drug-likeness (QED) is 0.319. The molecule has 34 heavy (non-hydrogen) atoms. The van der Waals surface area contributed by atoms with Gasteiger partial charge in [-0.3, -0.25) is 0 Å². The van der Waals surface area contributed by atoms with Gasteiger partial charge in [0.25, 0.3) is 0 Å². The molecular weight excluding hydrogens is 424 g/mol. The van der Waals surface area contributed by atoms with Gasteiger partial charge in [-0.15, -0.1) is 0 Å². The van der Waals surface area contributed by atoms with Crippen LogP contribution in [0.3, 0.4) is 0 Å². The maximum Gasteiger partial charge on any atom is 0.221 e. The summed E-state index contributed by atoms with van der Waals surface area (Å²) in [6.45, 7) is 6.92. The Morgan fingerprint density at radius 2 is 1.62 bits per heavy atom. The third kappa shape index (κ3) is 3.37. The lowest BCUT2D eigenvalue weighted by Gasteiger charge is -2.46. The fourth-order valence-corrected chi connectivity index (χ4v) is 5.08. The number of rotatable bonds is 3. The van der Waals surface area contributed by atoms with Crippen molar-refractivity contribution >= 4 is 11.4 Å². The Kier molecular flexibility index (Phi) is 4.76. The molecule has 1 aromatic heterocycles. The number of hydrogen-bond acceptors (Lipinski definition) is 5. The SMILES string of the molecule is Cc1nn(-c2ccccc2)c2c1[C@H]1c3cc(N=Nc4ccccc4)ccc3OC[C@H]1C(C)(C)O2. The minimum absolute atomic E-state index is 0.0897. The van der Waals surface area contributed by atoms with E-state index in [1.54, 1.807) is 0 Å². The first-order chi connectivity index (χ1) is 16.5. The molecule has 0 saturated carbocycles. The third-order valence-corrected chi connectivity index (χ3v) is 6.81. The van der Waals surface area contributed by atoms with Gasteiger partial charge in [-0.1, -0.05) is 36.4 Å². The van der Waals surface area contributed by atoms with Gasteiger partial charge in [0.05, 0.1) is 29.4 Å². The topological polar surface area (TPSA) is 61.0 Å². The van der Waals surface area contributed by atoms with E-state index in [1.165, 1.54) is 0 Å². The van der Waals surface area contributed by atoms with Crippen LogP contribution in [-0.4, -0.2) is 22.0 Å². The van der Waals surface area contributed by atoms with E-state index in [0.29, 0.717) is 6.61 Å². The van der Waals surface area contributed by atoms with Crippen LogP contribution in [-0.2, 0) is 0 Å². The van der Waals surface area contributed by atoms with Gasteiger partial charge in [0.15, 0.2) is 0 Å². The highest BCUT2D eigenvalue weighted by Crippen LogP contribution is 2.54. The highest BCUT2D eigenvalue weighted by atomic mass is 16.5. The number of ether oxygens (including phenoxy) is 2. The van der Waals surface area contributed by atoms with Crippen molar-refractivity contribution in [2.75, 3.05) is 6.61 Å². The van der Waals surface area contributed by atoms with Gasteiger partial charge in [0.1, 0.15) is 11.4 Å². The van der Waals surface area contributed by atoms with Crippen LogP contribution in [0.1, 0.15) is 36.6 Å². The van der Waals surface area contributed by atoms with Crippen LogP contribution in [0.2, 0.25) is 0 Å². The Morgan fingerprint density at radius 1 is 0.912 bits per heavy atom. The number of hydrogen-bond donors (Lipinski definition) is 0. The smallest absolute Gasteiger partial charge is 0.221 e. The molecule has 4 aromatic rings. The van der Waals surface area contributed by atoms with Gasteiger partial charge >= 0.3 is 0 Å². The van der Waals surface area contributed by atoms with E-state index in [2.05, 4.69) is 49.2 Å². The van der Waals surface area contributed by atoms with Crippen LogP contribution in [0, 0.1) is 12.8 Å². The Balaban J connectivity index is 1.48. The summed E-state index contributed by atoms with van der Waals surface area (Å²) in [7, 11) is 0. The zero-order valence-electron chi connectivity index (χ0n) is 19.5. The highest BCUT2D eigenvalue weighted by Gasteiger charge is 2.50. The molecule has 2 atom stereocenters. The molecule has 3 aromatic carbocycles. The summed E-state index contributed by atoms with van der Waals surface area (Å²) in [6, 6.07) is 26.0. The minimum atomic E-state index is -0.435. The molecule has 0 amide bonds. The first kappa shape index (κ1) is 20.7. The molecule has 0 bridgehead atoms. The lowest BCUT2D eigenvalue weighted by atomic mass is 9.70. The second kappa shape index (κ2) is 7.83. The number of aromatic nitrogens is 2. The van der Waals surface area contributed by atoms with Crippen molar-refractivity contribution in [3.8, 4) is 17.3 Å². The molecule has 6 heteroatoms. The molecule has 0 unspecified atom stereocenters. The number of nitrogens with zero attached hydrogens (tertiary/aromatic N) is 4. The van der Waals surface area contributed by atoms with Gasteiger partial charge in [-0.2, -0.15) is 15.3 Å². The third-order valence-electron chi connectivity index (χ3n) is 6.81. The maximum absolute atomic E-state index is 6.62. The number of para-hydroxylation sites is 1. The van der Waals surface area contributed by atoms with E-state index in [1.807, 2.05) is 65.3 Å². The van der Waals surface area contributed by atoms with Gasteiger partial charge < -0.3 is 9.47 Å². The number of aryl methyl sites for hydroxylation is 1. The lowest BCUT2D eigenvalue weighted by Crippen LogP contribution is -2.49. The normalized spacial score (nSPS) is 20.1. The molecule has 0 saturated heterocycles. The molecule has 2 aliphatic heterocycles. The van der Waals surface area contributed by atoms with Gasteiger partial charge in [0.2, 0.25) is 5.88 Å². The molecule has 0 spiro atoms. The molecule has 2 aliphatic rings. The monoisotopic (exact) mass is 450 g/mol. The Morgan fingerprint density at radius 3 is 2.38 bits per heavy atom. The zero-order chi connectivity index (χ0) is 23.3. The Labute approximate surface area is 198 Å². The molecule has 6 rings (SSSR count). The van der Waals surface area contributed by atoms with E-state index in [4.69, 9.17) is 14.6 Å². The van der Waals surface area contributed by atoms with E-state index < -0.39 is 5.60 Å². The summed E-state index contributed by atoms with van der Waals surface area (Å²) in [4.78, 5) is 0. The van der Waals surface area contributed by atoms with Crippen molar-refractivity contribution in [3.05, 3.63) is 95.7 Å². The van der Waals surface area contributed by atoms with E-state index >= 15 is 0 Å². The minimum Gasteiger partial charge on any atom is -0.493 e. The van der Waals surface area contributed by atoms with Gasteiger partial charge in [-0.25, -0.2) is 4.68 Å². The van der Waals surface area contributed by atoms with Crippen molar-refractivity contribution in [2.24, 2.45) is 16.1 Å². The van der Waals surface area contributed by atoms with Crippen molar-refractivity contribution in [1.29, 1.82) is 0 Å². The van der Waals surface area contributed by atoms with Crippen molar-refractivity contribution in [2.45, 2.75) is 32.3 Å².